The lowest BCUT2D eigenvalue weighted by Gasteiger charge is -2.44. The normalized spacial score (nSPS) is 25.0. The molecule has 3 unspecified atom stereocenters. The van der Waals surface area contributed by atoms with Gasteiger partial charge in [-0.3, -0.25) is 66.0 Å². The number of hydrogen-bond acceptors (Lipinski definition) is 31. The molecule has 0 aliphatic carbocycles. The summed E-state index contributed by atoms with van der Waals surface area (Å²) in [5.74, 6) is -7.92. The minimum Gasteiger partial charge on any atom is -0.811 e. The fraction of sp³-hybridized carbons (Fsp3) is 0.690. The monoisotopic (exact) mass is 1400 g/mol. The molecule has 38 heteroatoms. The first kappa shape index (κ1) is 75.7. The van der Waals surface area contributed by atoms with E-state index in [2.05, 4.69) is 20.6 Å². The largest absolute Gasteiger partial charge is 0.811 e. The second-order valence-electron chi connectivity index (χ2n) is 21.6. The molecule has 3 aliphatic rings. The van der Waals surface area contributed by atoms with Crippen molar-refractivity contribution in [3.05, 3.63) is 45.5 Å². The zero-order chi connectivity index (χ0) is 75.7. The van der Waals surface area contributed by atoms with Crippen molar-refractivity contribution in [1.29, 1.82) is 0 Å². The maximum atomic E-state index is 12.7. The van der Waals surface area contributed by atoms with Crippen LogP contribution < -0.4 is 31.8 Å². The van der Waals surface area contributed by atoms with Crippen LogP contribution >= 0.6 is 7.60 Å². The molecule has 540 valence electrons. The molecular weight excluding hydrogens is 1300 g/mol. The first-order chi connectivity index (χ1) is 46.9. The fourth-order valence-corrected chi connectivity index (χ4v) is 11.1. The van der Waals surface area contributed by atoms with Crippen LogP contribution in [0.4, 0.5) is 11.6 Å². The second kappa shape index (κ2) is 37.1. The minimum absolute atomic E-state index is 0.0394. The van der Waals surface area contributed by atoms with Gasteiger partial charge in [-0.2, -0.15) is 9.97 Å². The van der Waals surface area contributed by atoms with Gasteiger partial charge in [-0.05, 0) is 59.8 Å². The SMILES string of the molecule is CC[N+](CC)(CC)C(O)[C@H]1O[C@@H](n2ccc(NC(C)=O)nc2=O)[C@H](OC(C)=O)[C@@H]1OC(C)=O.CC[N+](CC)(CC)C(O)[C@H]1O[C@@H](n2ccc(NC(C)=O)nc2=O)[C@H](OC(C)=O)[C@@H]1OC(C)=O.[2H]CC(=O)OC[C@H]1OC(OC(=O)C[2H])[C@H](OC(=O)C[2H])[C@@H](OCCP(=O)([O-])[O-])[C@H]1OC(=O)C[2H]. The Morgan fingerprint density at radius 3 is 1.23 bits per heavy atom. The highest BCUT2D eigenvalue weighted by molar-refractivity contribution is 7.48. The molecule has 3 fully saturated rings. The van der Waals surface area contributed by atoms with Crippen LogP contribution in [0.5, 0.6) is 0 Å². The van der Waals surface area contributed by atoms with Gasteiger partial charge in [0.25, 0.3) is 0 Å². The maximum Gasteiger partial charge on any atom is 0.351 e. The minimum atomic E-state index is -5.06. The summed E-state index contributed by atoms with van der Waals surface area (Å²) in [6.07, 6.45) is -18.5. The van der Waals surface area contributed by atoms with Crippen LogP contribution in [0.25, 0.3) is 0 Å². The van der Waals surface area contributed by atoms with Crippen molar-refractivity contribution in [3.63, 3.8) is 0 Å². The third kappa shape index (κ3) is 23.3. The molecule has 37 nitrogen and oxygen atoms in total. The number of aromatic nitrogens is 4. The van der Waals surface area contributed by atoms with Crippen molar-refractivity contribution in [2.24, 2.45) is 0 Å². The van der Waals surface area contributed by atoms with Gasteiger partial charge in [0.2, 0.25) is 30.6 Å². The van der Waals surface area contributed by atoms with E-state index in [0.717, 1.165) is 9.13 Å². The molecule has 5 heterocycles. The maximum absolute atomic E-state index is 12.7. The number of carbonyl (C=O) groups is 10. The van der Waals surface area contributed by atoms with Gasteiger partial charge >= 0.3 is 59.1 Å². The van der Waals surface area contributed by atoms with Crippen LogP contribution in [0, 0.1) is 0 Å². The van der Waals surface area contributed by atoms with Crippen LogP contribution in [0.1, 0.15) is 129 Å². The van der Waals surface area contributed by atoms with Gasteiger partial charge in [-0.1, -0.05) is 7.60 Å². The molecule has 2 amide bonds. The highest BCUT2D eigenvalue weighted by atomic mass is 31.2. The Hall–Kier alpha value is -7.71. The quantitative estimate of drug-likeness (QED) is 0.0255. The van der Waals surface area contributed by atoms with Crippen LogP contribution in [0.2, 0.25) is 0 Å². The van der Waals surface area contributed by atoms with Crippen molar-refractivity contribution in [2.75, 3.05) is 69.3 Å². The van der Waals surface area contributed by atoms with E-state index in [4.69, 9.17) is 62.3 Å². The van der Waals surface area contributed by atoms with Gasteiger partial charge in [0.1, 0.15) is 30.5 Å². The molecule has 3 aliphatic heterocycles. The van der Waals surface area contributed by atoms with Gasteiger partial charge in [-0.15, -0.1) is 0 Å². The number of rotatable bonds is 27. The van der Waals surface area contributed by atoms with Crippen LogP contribution in [0.3, 0.4) is 0 Å². The summed E-state index contributed by atoms with van der Waals surface area (Å²) in [4.78, 5) is 172. The number of nitrogens with one attached hydrogen (secondary N) is 2. The van der Waals surface area contributed by atoms with Crippen LogP contribution in [-0.4, -0.2) is 236 Å². The number of aliphatic hydroxyl groups excluding tert-OH is 2. The first-order valence-electron chi connectivity index (χ1n) is 32.8. The van der Waals surface area contributed by atoms with Crippen molar-refractivity contribution < 1.29 is 144 Å². The molecule has 0 bridgehead atoms. The van der Waals surface area contributed by atoms with Crippen molar-refractivity contribution in [3.8, 4) is 0 Å². The smallest absolute Gasteiger partial charge is 0.351 e. The molecule has 96 heavy (non-hydrogen) atoms. The Labute approximate surface area is 558 Å². The molecule has 4 N–H and O–H groups in total. The molecule has 0 saturated carbocycles. The molecule has 0 spiro atoms. The summed E-state index contributed by atoms with van der Waals surface area (Å²) < 4.78 is 106. The molecule has 0 radical (unpaired) electrons. The Morgan fingerprint density at radius 1 is 0.542 bits per heavy atom. The third-order valence-electron chi connectivity index (χ3n) is 15.4. The predicted molar refractivity (Wildman–Crippen MR) is 322 cm³/mol. The molecule has 2 aromatic heterocycles. The number of esters is 8. The Bertz CT molecular complexity index is 3140. The third-order valence-corrected chi connectivity index (χ3v) is 16.2. The first-order valence-corrected chi connectivity index (χ1v) is 31.7. The van der Waals surface area contributed by atoms with Crippen molar-refractivity contribution in [1.82, 2.24) is 19.1 Å². The topological polar surface area (TPSA) is 479 Å². The number of aliphatic hydroxyl groups is 2. The summed E-state index contributed by atoms with van der Waals surface area (Å²) in [5, 5.41) is 27.5. The Balaban J connectivity index is 0.000000390. The Kier molecular flexibility index (Phi) is 29.3. The standard InChI is InChI=1S/2C21H32N4O8.C16H25O13P/c2*1-7-25(8-2,9-3)20(29)18-16(31-13(5)27)17(32-14(6)28)19(33-18)24-11-10-15(22-12(4)26)23-21(24)30;1-8(17)25-7-12-13(26-9(2)18)14(24-5-6-30(21,22)23)15(27-10(3)19)16(29-12)28-11(4)20/h2*10-11,16-20,29H,7-9H2,1-6H3;12-16H,5-7H2,1-4H3,(H2,21,22,23)/t2*16-,17+,18-,19+,20?;12-,13+,14+,15-,16?/m001/s1/i;;1D,2D,3D,4D. The predicted octanol–water partition coefficient (Wildman–Crippen LogP) is -1.69. The van der Waals surface area contributed by atoms with Gasteiger partial charge < -0.3 is 92.0 Å². The lowest BCUT2D eigenvalue weighted by molar-refractivity contribution is -0.970. The van der Waals surface area contributed by atoms with E-state index in [1.807, 2.05) is 41.5 Å². The van der Waals surface area contributed by atoms with E-state index in [0.29, 0.717) is 39.3 Å². The number of anilines is 2. The lowest BCUT2D eigenvalue weighted by atomic mass is 9.98. The second-order valence-corrected chi connectivity index (χ2v) is 23.3. The molecule has 3 saturated heterocycles. The van der Waals surface area contributed by atoms with Gasteiger partial charge in [0.15, 0.2) is 61.3 Å². The van der Waals surface area contributed by atoms with Gasteiger partial charge in [-0.25, -0.2) is 9.59 Å². The van der Waals surface area contributed by atoms with E-state index in [1.165, 1.54) is 66.1 Å². The highest BCUT2D eigenvalue weighted by Gasteiger charge is 2.59. The number of quaternary nitrogens is 2. The van der Waals surface area contributed by atoms with Crippen LogP contribution in [-0.2, 0) is 109 Å². The van der Waals surface area contributed by atoms with E-state index < -0.39 is 218 Å². The van der Waals surface area contributed by atoms with E-state index >= 15 is 0 Å². The van der Waals surface area contributed by atoms with Gasteiger partial charge in [0.05, 0.1) is 45.9 Å². The highest BCUT2D eigenvalue weighted by Crippen LogP contribution is 2.39. The number of carbonyl (C=O) groups excluding carboxylic acids is 10. The van der Waals surface area contributed by atoms with Crippen molar-refractivity contribution in [2.45, 2.75) is 203 Å². The average Bonchev–Trinajstić information content (AvgIpc) is 1.59. The number of amides is 2. The van der Waals surface area contributed by atoms with E-state index in [1.54, 1.807) is 0 Å². The fourth-order valence-electron chi connectivity index (χ4n) is 10.8. The molecule has 5 rings (SSSR count). The summed E-state index contributed by atoms with van der Waals surface area (Å²) in [6, 6.07) is 2.76. The molecule has 0 aromatic carbocycles. The van der Waals surface area contributed by atoms with Crippen LogP contribution in [0.15, 0.2) is 34.1 Å². The summed E-state index contributed by atoms with van der Waals surface area (Å²) in [5.41, 5.74) is -1.58. The Morgan fingerprint density at radius 2 is 0.896 bits per heavy atom. The lowest BCUT2D eigenvalue weighted by Crippen LogP contribution is -2.63. The summed E-state index contributed by atoms with van der Waals surface area (Å²) in [6.45, 7) is 17.2. The van der Waals surface area contributed by atoms with E-state index in [9.17, 15) is 82.1 Å². The number of likely N-dealkylation sites (N-methyl/N-ethyl adjacent to an activating group) is 2. The number of nitrogens with zero attached hydrogens (tertiary/aromatic N) is 6. The van der Waals surface area contributed by atoms with Gasteiger partial charge in [0, 0.05) is 87.0 Å². The summed E-state index contributed by atoms with van der Waals surface area (Å²) >= 11 is 0. The zero-order valence-corrected chi connectivity index (χ0v) is 56.1. The summed E-state index contributed by atoms with van der Waals surface area (Å²) in [7, 11) is -5.06. The van der Waals surface area contributed by atoms with Crippen molar-refractivity contribution >= 4 is 78.8 Å². The van der Waals surface area contributed by atoms with E-state index in [-0.39, 0.29) is 20.6 Å². The number of hydrogen-bond donors (Lipinski definition) is 4. The average molecular weight is 1400 g/mol. The zero-order valence-electron chi connectivity index (χ0n) is 59.2. The molecule has 2 aromatic rings. The number of ether oxygens (including phenoxy) is 12. The molecule has 15 atom stereocenters. The molecular formula is C58H89N8O29P.